The van der Waals surface area contributed by atoms with Crippen molar-refractivity contribution in [2.24, 2.45) is 0 Å². The van der Waals surface area contributed by atoms with Crippen molar-refractivity contribution >= 4 is 11.6 Å². The number of carbonyl (C=O) groups is 2. The summed E-state index contributed by atoms with van der Waals surface area (Å²) in [5.74, 6) is 1.80. The van der Waals surface area contributed by atoms with Crippen LogP contribution in [0.15, 0.2) is 48.5 Å². The van der Waals surface area contributed by atoms with E-state index >= 15 is 0 Å². The minimum atomic E-state index is -0.653. The summed E-state index contributed by atoms with van der Waals surface area (Å²) in [5.41, 5.74) is 2.16. The second-order valence-electron chi connectivity index (χ2n) is 8.07. The van der Waals surface area contributed by atoms with E-state index in [2.05, 4.69) is 0 Å². The van der Waals surface area contributed by atoms with E-state index in [9.17, 15) is 9.59 Å². The summed E-state index contributed by atoms with van der Waals surface area (Å²) in [6.45, 7) is 0.787. The number of ketones is 2. The zero-order valence-corrected chi connectivity index (χ0v) is 20.7. The normalized spacial score (nSPS) is 12.0. The highest BCUT2D eigenvalue weighted by Crippen LogP contribution is 2.35. The lowest BCUT2D eigenvalue weighted by atomic mass is 9.93. The smallest absolute Gasteiger partial charge is 0.233 e. The van der Waals surface area contributed by atoms with Crippen molar-refractivity contribution in [3.8, 4) is 34.5 Å². The third-order valence-electron chi connectivity index (χ3n) is 6.00. The molecule has 3 aromatic carbocycles. The molecule has 0 fully saturated rings. The maximum Gasteiger partial charge on any atom is 0.233 e. The molecule has 8 heteroatoms. The van der Waals surface area contributed by atoms with Crippen LogP contribution in [0.25, 0.3) is 0 Å². The molecule has 0 saturated heterocycles. The molecular weight excluding hydrogens is 464 g/mol. The fourth-order valence-electron chi connectivity index (χ4n) is 4.10. The first-order valence-electron chi connectivity index (χ1n) is 11.4. The Hall–Kier alpha value is -4.20. The summed E-state index contributed by atoms with van der Waals surface area (Å²) in [6, 6.07) is 13.7. The van der Waals surface area contributed by atoms with Gasteiger partial charge in [0.1, 0.15) is 13.2 Å². The van der Waals surface area contributed by atoms with Gasteiger partial charge in [-0.05, 0) is 66.4 Å². The van der Waals surface area contributed by atoms with Crippen molar-refractivity contribution in [3.63, 3.8) is 0 Å². The molecule has 0 saturated carbocycles. The van der Waals surface area contributed by atoms with Crippen LogP contribution in [-0.4, -0.2) is 53.2 Å². The molecule has 3 aromatic rings. The molecular formula is C28H28O8. The van der Waals surface area contributed by atoms with Gasteiger partial charge in [-0.15, -0.1) is 0 Å². The van der Waals surface area contributed by atoms with Crippen molar-refractivity contribution in [2.45, 2.75) is 12.8 Å². The molecule has 0 amide bonds. The first-order valence-corrected chi connectivity index (χ1v) is 11.4. The van der Waals surface area contributed by atoms with Crippen molar-refractivity contribution in [3.05, 3.63) is 70.8 Å². The van der Waals surface area contributed by atoms with Crippen molar-refractivity contribution in [1.82, 2.24) is 0 Å². The van der Waals surface area contributed by atoms with Crippen LogP contribution in [-0.2, 0) is 12.8 Å². The van der Waals surface area contributed by atoms with Gasteiger partial charge in [-0.25, -0.2) is 0 Å². The number of methoxy groups -OCH3 is 4. The van der Waals surface area contributed by atoms with Crippen LogP contribution in [0.3, 0.4) is 0 Å². The number of carbonyl (C=O) groups excluding carboxylic acids is 2. The van der Waals surface area contributed by atoms with Gasteiger partial charge in [0.2, 0.25) is 11.6 Å². The number of hydrogen-bond donors (Lipinski definition) is 0. The van der Waals surface area contributed by atoms with E-state index in [0.29, 0.717) is 66.1 Å². The van der Waals surface area contributed by atoms with Crippen LogP contribution in [0.5, 0.6) is 34.5 Å². The third kappa shape index (κ3) is 5.07. The molecule has 0 unspecified atom stereocenters. The molecule has 8 nitrogen and oxygen atoms in total. The van der Waals surface area contributed by atoms with Gasteiger partial charge >= 0.3 is 0 Å². The number of benzene rings is 3. The van der Waals surface area contributed by atoms with Gasteiger partial charge in [0.15, 0.2) is 34.5 Å². The van der Waals surface area contributed by atoms with Gasteiger partial charge < -0.3 is 28.4 Å². The van der Waals surface area contributed by atoms with Gasteiger partial charge in [-0.2, -0.15) is 0 Å². The Kier molecular flexibility index (Phi) is 7.63. The van der Waals surface area contributed by atoms with Crippen LogP contribution in [0.1, 0.15) is 31.8 Å². The predicted octanol–water partition coefficient (Wildman–Crippen LogP) is 4.34. The van der Waals surface area contributed by atoms with E-state index in [1.165, 1.54) is 20.3 Å². The summed E-state index contributed by atoms with van der Waals surface area (Å²) >= 11 is 0. The molecule has 0 atom stereocenters. The number of Topliss-reactive ketones (excluding diaryl/α,β-unsaturated/α-hetero) is 2. The highest BCUT2D eigenvalue weighted by molar-refractivity contribution is 6.49. The van der Waals surface area contributed by atoms with Crippen LogP contribution >= 0.6 is 0 Å². The Morgan fingerprint density at radius 2 is 1.25 bits per heavy atom. The summed E-state index contributed by atoms with van der Waals surface area (Å²) < 4.78 is 32.7. The zero-order valence-electron chi connectivity index (χ0n) is 20.7. The first kappa shape index (κ1) is 24.9. The topological polar surface area (TPSA) is 89.5 Å². The molecule has 36 heavy (non-hydrogen) atoms. The quantitative estimate of drug-likeness (QED) is 0.305. The molecule has 0 bridgehead atoms. The van der Waals surface area contributed by atoms with Gasteiger partial charge in [0.25, 0.3) is 0 Å². The molecule has 4 rings (SSSR count). The van der Waals surface area contributed by atoms with Crippen molar-refractivity contribution in [1.29, 1.82) is 0 Å². The Morgan fingerprint density at radius 3 is 1.89 bits per heavy atom. The molecule has 1 aliphatic heterocycles. The van der Waals surface area contributed by atoms with Gasteiger partial charge in [-0.3, -0.25) is 9.59 Å². The number of fused-ring (bicyclic) bond motifs is 1. The van der Waals surface area contributed by atoms with E-state index in [-0.39, 0.29) is 11.1 Å². The molecule has 1 aliphatic rings. The average molecular weight is 493 g/mol. The van der Waals surface area contributed by atoms with E-state index in [4.69, 9.17) is 28.4 Å². The van der Waals surface area contributed by atoms with E-state index in [1.807, 2.05) is 18.2 Å². The zero-order chi connectivity index (χ0) is 25.7. The molecule has 188 valence electrons. The van der Waals surface area contributed by atoms with Gasteiger partial charge in [0, 0.05) is 11.1 Å². The SMILES string of the molecule is COc1ccc(CCc2cc3c(cc2C(=O)C(=O)c2ccc(OC)c(OC)c2)OCCO3)cc1OC. The largest absolute Gasteiger partial charge is 0.493 e. The van der Waals surface area contributed by atoms with Gasteiger partial charge in [-0.1, -0.05) is 6.07 Å². The monoisotopic (exact) mass is 492 g/mol. The highest BCUT2D eigenvalue weighted by atomic mass is 16.6. The first-order chi connectivity index (χ1) is 17.5. The minimum Gasteiger partial charge on any atom is -0.493 e. The Bertz CT molecular complexity index is 1280. The highest BCUT2D eigenvalue weighted by Gasteiger charge is 2.26. The minimum absolute atomic E-state index is 0.207. The van der Waals surface area contributed by atoms with Crippen LogP contribution in [0.2, 0.25) is 0 Å². The molecule has 0 N–H and O–H groups in total. The molecule has 0 radical (unpaired) electrons. The summed E-state index contributed by atoms with van der Waals surface area (Å²) in [7, 11) is 6.14. The second kappa shape index (κ2) is 11.0. The van der Waals surface area contributed by atoms with E-state index in [1.54, 1.807) is 38.5 Å². The van der Waals surface area contributed by atoms with Crippen LogP contribution in [0, 0.1) is 0 Å². The predicted molar refractivity (Wildman–Crippen MR) is 133 cm³/mol. The van der Waals surface area contributed by atoms with Crippen LogP contribution in [0.4, 0.5) is 0 Å². The Balaban J connectivity index is 1.66. The average Bonchev–Trinajstić information content (AvgIpc) is 2.94. The summed E-state index contributed by atoms with van der Waals surface area (Å²) in [4.78, 5) is 26.7. The number of ether oxygens (including phenoxy) is 6. The summed E-state index contributed by atoms with van der Waals surface area (Å²) in [5, 5.41) is 0. The fraction of sp³-hybridized carbons (Fsp3) is 0.286. The maximum atomic E-state index is 13.4. The second-order valence-corrected chi connectivity index (χ2v) is 8.07. The number of hydrogen-bond acceptors (Lipinski definition) is 8. The number of aryl methyl sites for hydroxylation is 2. The lowest BCUT2D eigenvalue weighted by Crippen LogP contribution is -2.20. The standard InChI is InChI=1S/C28H28O8/c1-31-21-9-6-17(13-23(21)33-3)5-7-18-14-25-26(36-12-11-35-25)16-20(18)28(30)27(29)19-8-10-22(32-2)24(15-19)34-4/h6,8-10,13-16H,5,7,11-12H2,1-4H3. The van der Waals surface area contributed by atoms with E-state index in [0.717, 1.165) is 5.56 Å². The molecule has 0 aromatic heterocycles. The summed E-state index contributed by atoms with van der Waals surface area (Å²) in [6.07, 6.45) is 1.09. The Morgan fingerprint density at radius 1 is 0.667 bits per heavy atom. The van der Waals surface area contributed by atoms with Crippen LogP contribution < -0.4 is 28.4 Å². The lowest BCUT2D eigenvalue weighted by molar-refractivity contribution is 0.0815. The Labute approximate surface area is 209 Å². The van der Waals surface area contributed by atoms with Crippen molar-refractivity contribution in [2.75, 3.05) is 41.7 Å². The number of rotatable bonds is 10. The maximum absolute atomic E-state index is 13.4. The molecule has 0 aliphatic carbocycles. The van der Waals surface area contributed by atoms with E-state index < -0.39 is 11.6 Å². The third-order valence-corrected chi connectivity index (χ3v) is 6.00. The molecule has 1 heterocycles. The molecule has 0 spiro atoms. The van der Waals surface area contributed by atoms with Gasteiger partial charge in [0.05, 0.1) is 28.4 Å². The fourth-order valence-corrected chi connectivity index (χ4v) is 4.10. The lowest BCUT2D eigenvalue weighted by Gasteiger charge is -2.21. The van der Waals surface area contributed by atoms with Crippen molar-refractivity contribution < 1.29 is 38.0 Å².